The van der Waals surface area contributed by atoms with Crippen LogP contribution >= 0.6 is 15.9 Å². The molecule has 0 aliphatic heterocycles. The lowest BCUT2D eigenvalue weighted by atomic mass is 9.97. The lowest BCUT2D eigenvalue weighted by Crippen LogP contribution is -2.14. The summed E-state index contributed by atoms with van der Waals surface area (Å²) < 4.78 is 6.12. The van der Waals surface area contributed by atoms with Crippen LogP contribution in [0.5, 0.6) is 5.75 Å². The molecule has 1 aromatic rings. The van der Waals surface area contributed by atoms with Crippen LogP contribution in [0.4, 0.5) is 0 Å². The Balaban J connectivity index is 2.59. The van der Waals surface area contributed by atoms with Crippen molar-refractivity contribution in [2.75, 3.05) is 7.11 Å². The predicted molar refractivity (Wildman–Crippen MR) is 74.5 cm³/mol. The molecule has 0 aromatic heterocycles. The number of benzene rings is 1. The summed E-state index contributed by atoms with van der Waals surface area (Å²) >= 11 is 3.46. The molecule has 17 heavy (non-hydrogen) atoms. The quantitative estimate of drug-likeness (QED) is 0.866. The molecule has 2 nitrogen and oxygen atoms in total. The van der Waals surface area contributed by atoms with Crippen molar-refractivity contribution < 1.29 is 9.84 Å². The zero-order valence-corrected chi connectivity index (χ0v) is 12.3. The Kier molecular flexibility index (Phi) is 6.00. The third-order valence-electron chi connectivity index (χ3n) is 3.06. The van der Waals surface area contributed by atoms with Crippen LogP contribution in [0.1, 0.15) is 32.3 Å². The summed E-state index contributed by atoms with van der Waals surface area (Å²) in [5, 5.41) is 9.97. The lowest BCUT2D eigenvalue weighted by molar-refractivity contribution is 0.144. The van der Waals surface area contributed by atoms with Gasteiger partial charge in [-0.1, -0.05) is 26.3 Å². The highest BCUT2D eigenvalue weighted by atomic mass is 79.9. The van der Waals surface area contributed by atoms with Crippen LogP contribution < -0.4 is 4.74 Å². The monoisotopic (exact) mass is 300 g/mol. The first-order valence-electron chi connectivity index (χ1n) is 6.07. The van der Waals surface area contributed by atoms with E-state index in [4.69, 9.17) is 4.74 Å². The van der Waals surface area contributed by atoms with Crippen LogP contribution in [-0.4, -0.2) is 18.3 Å². The van der Waals surface area contributed by atoms with Gasteiger partial charge in [0, 0.05) is 0 Å². The van der Waals surface area contributed by atoms with Gasteiger partial charge >= 0.3 is 0 Å². The number of hydrogen-bond acceptors (Lipinski definition) is 2. The molecule has 96 valence electrons. The summed E-state index contributed by atoms with van der Waals surface area (Å²) in [7, 11) is 1.65. The first kappa shape index (κ1) is 14.5. The summed E-state index contributed by atoms with van der Waals surface area (Å²) in [6, 6.07) is 5.94. The second-order valence-electron chi connectivity index (χ2n) is 4.58. The Morgan fingerprint density at radius 3 is 2.65 bits per heavy atom. The van der Waals surface area contributed by atoms with E-state index >= 15 is 0 Å². The van der Waals surface area contributed by atoms with Gasteiger partial charge in [0.2, 0.25) is 0 Å². The minimum Gasteiger partial charge on any atom is -0.496 e. The number of aliphatic hydroxyl groups is 1. The van der Waals surface area contributed by atoms with E-state index in [1.165, 1.54) is 0 Å². The lowest BCUT2D eigenvalue weighted by Gasteiger charge is -2.15. The van der Waals surface area contributed by atoms with Crippen LogP contribution in [0.25, 0.3) is 0 Å². The van der Waals surface area contributed by atoms with Crippen molar-refractivity contribution in [2.24, 2.45) is 5.92 Å². The summed E-state index contributed by atoms with van der Waals surface area (Å²) in [4.78, 5) is 0. The van der Waals surface area contributed by atoms with Crippen molar-refractivity contribution >= 4 is 15.9 Å². The fourth-order valence-corrected chi connectivity index (χ4v) is 2.41. The normalized spacial score (nSPS) is 14.4. The van der Waals surface area contributed by atoms with Crippen LogP contribution in [0, 0.1) is 5.92 Å². The molecule has 1 N–H and O–H groups in total. The van der Waals surface area contributed by atoms with Gasteiger partial charge in [-0.2, -0.15) is 0 Å². The van der Waals surface area contributed by atoms with Crippen molar-refractivity contribution in [3.8, 4) is 5.75 Å². The molecular formula is C14H21BrO2. The third-order valence-corrected chi connectivity index (χ3v) is 3.68. The van der Waals surface area contributed by atoms with Gasteiger partial charge in [0.1, 0.15) is 5.75 Å². The number of rotatable bonds is 6. The van der Waals surface area contributed by atoms with Gasteiger partial charge in [-0.05, 0) is 52.4 Å². The number of halogens is 1. The fraction of sp³-hybridized carbons (Fsp3) is 0.571. The van der Waals surface area contributed by atoms with E-state index in [9.17, 15) is 5.11 Å². The van der Waals surface area contributed by atoms with Gasteiger partial charge in [0.05, 0.1) is 17.7 Å². The minimum atomic E-state index is -0.259. The molecule has 0 amide bonds. The molecule has 0 saturated heterocycles. The van der Waals surface area contributed by atoms with E-state index in [1.54, 1.807) is 7.11 Å². The Bertz CT molecular complexity index is 352. The molecule has 0 fully saturated rings. The second kappa shape index (κ2) is 7.02. The van der Waals surface area contributed by atoms with E-state index in [2.05, 4.69) is 29.8 Å². The number of ether oxygens (including phenoxy) is 1. The van der Waals surface area contributed by atoms with E-state index in [0.717, 1.165) is 28.6 Å². The highest BCUT2D eigenvalue weighted by molar-refractivity contribution is 9.10. The molecule has 1 rings (SSSR count). The molecule has 1 aromatic carbocycles. The average molecular weight is 301 g/mol. The first-order chi connectivity index (χ1) is 8.06. The van der Waals surface area contributed by atoms with Gasteiger partial charge in [-0.15, -0.1) is 0 Å². The van der Waals surface area contributed by atoms with Crippen molar-refractivity contribution in [2.45, 2.75) is 39.2 Å². The smallest absolute Gasteiger partial charge is 0.133 e. The molecule has 3 heteroatoms. The predicted octanol–water partition coefficient (Wildman–Crippen LogP) is 3.80. The molecule has 0 saturated carbocycles. The molecule has 0 radical (unpaired) electrons. The van der Waals surface area contributed by atoms with Gasteiger partial charge in [-0.25, -0.2) is 0 Å². The molecule has 0 aliphatic carbocycles. The van der Waals surface area contributed by atoms with Gasteiger partial charge in [0.15, 0.2) is 0 Å². The minimum absolute atomic E-state index is 0.259. The molecule has 2 atom stereocenters. The first-order valence-corrected chi connectivity index (χ1v) is 6.86. The van der Waals surface area contributed by atoms with Crippen LogP contribution in [0.3, 0.4) is 0 Å². The Hall–Kier alpha value is -0.540. The maximum absolute atomic E-state index is 9.97. The van der Waals surface area contributed by atoms with Crippen molar-refractivity contribution in [3.63, 3.8) is 0 Å². The maximum Gasteiger partial charge on any atom is 0.133 e. The highest BCUT2D eigenvalue weighted by Gasteiger charge is 2.11. The topological polar surface area (TPSA) is 29.5 Å². The van der Waals surface area contributed by atoms with E-state index < -0.39 is 0 Å². The molecule has 0 spiro atoms. The van der Waals surface area contributed by atoms with Crippen molar-refractivity contribution in [3.05, 3.63) is 28.2 Å². The summed E-state index contributed by atoms with van der Waals surface area (Å²) in [5.41, 5.74) is 1.13. The zero-order valence-electron chi connectivity index (χ0n) is 10.7. The molecule has 0 heterocycles. The summed E-state index contributed by atoms with van der Waals surface area (Å²) in [5.74, 6) is 1.40. The molecule has 0 aliphatic rings. The molecule has 2 unspecified atom stereocenters. The number of hydrogen-bond donors (Lipinski definition) is 1. The highest BCUT2D eigenvalue weighted by Crippen LogP contribution is 2.26. The van der Waals surface area contributed by atoms with E-state index in [-0.39, 0.29) is 6.10 Å². The summed E-state index contributed by atoms with van der Waals surface area (Å²) in [6.45, 7) is 4.33. The number of methoxy groups -OCH3 is 1. The van der Waals surface area contributed by atoms with Gasteiger partial charge in [-0.3, -0.25) is 0 Å². The molecule has 0 bridgehead atoms. The van der Waals surface area contributed by atoms with Gasteiger partial charge in [0.25, 0.3) is 0 Å². The Morgan fingerprint density at radius 2 is 2.12 bits per heavy atom. The van der Waals surface area contributed by atoms with Crippen molar-refractivity contribution in [1.29, 1.82) is 0 Å². The van der Waals surface area contributed by atoms with E-state index in [0.29, 0.717) is 12.3 Å². The van der Waals surface area contributed by atoms with Crippen LogP contribution in [0.2, 0.25) is 0 Å². The van der Waals surface area contributed by atoms with Crippen LogP contribution in [-0.2, 0) is 6.42 Å². The maximum atomic E-state index is 9.97. The van der Waals surface area contributed by atoms with E-state index in [1.807, 2.05) is 18.2 Å². The average Bonchev–Trinajstić information content (AvgIpc) is 2.29. The third kappa shape index (κ3) is 4.68. The van der Waals surface area contributed by atoms with Crippen LogP contribution in [0.15, 0.2) is 22.7 Å². The standard InChI is InChI=1S/C14H21BrO2/c1-4-10(2)7-12(16)8-11-5-6-14(17-3)13(15)9-11/h5-6,9-10,12,16H,4,7-8H2,1-3H3. The summed E-state index contributed by atoms with van der Waals surface area (Å²) in [6.07, 6.45) is 2.42. The fourth-order valence-electron chi connectivity index (χ4n) is 1.82. The number of aliphatic hydroxyl groups excluding tert-OH is 1. The Morgan fingerprint density at radius 1 is 1.41 bits per heavy atom. The van der Waals surface area contributed by atoms with Crippen molar-refractivity contribution in [1.82, 2.24) is 0 Å². The zero-order chi connectivity index (χ0) is 12.8. The molecular weight excluding hydrogens is 280 g/mol. The SMILES string of the molecule is CCC(C)CC(O)Cc1ccc(OC)c(Br)c1. The second-order valence-corrected chi connectivity index (χ2v) is 5.43. The largest absolute Gasteiger partial charge is 0.496 e. The van der Waals surface area contributed by atoms with Gasteiger partial charge < -0.3 is 9.84 Å². The Labute approximate surface area is 112 Å².